The summed E-state index contributed by atoms with van der Waals surface area (Å²) in [6.07, 6.45) is 13.1. The Hall–Kier alpha value is -0.753. The van der Waals surface area contributed by atoms with Gasteiger partial charge in [0.05, 0.1) is 12.1 Å². The van der Waals surface area contributed by atoms with E-state index in [4.69, 9.17) is 4.84 Å². The van der Waals surface area contributed by atoms with Crippen LogP contribution in [-0.4, -0.2) is 19.4 Å². The van der Waals surface area contributed by atoms with Crippen LogP contribution in [0.3, 0.4) is 0 Å². The first-order chi connectivity index (χ1) is 12.8. The van der Waals surface area contributed by atoms with E-state index >= 15 is 0 Å². The molecule has 2 aliphatic rings. The minimum atomic E-state index is -1.65. The van der Waals surface area contributed by atoms with Crippen molar-refractivity contribution in [3.8, 4) is 11.5 Å². The number of oxime groups is 1. The summed E-state index contributed by atoms with van der Waals surface area (Å²) >= 11 is 0. The summed E-state index contributed by atoms with van der Waals surface area (Å²) in [5.41, 5.74) is 7.14. The Morgan fingerprint density at radius 2 is 1.37 bits per heavy atom. The van der Waals surface area contributed by atoms with Gasteiger partial charge in [0.2, 0.25) is 0 Å². The third-order valence-electron chi connectivity index (χ3n) is 7.15. The van der Waals surface area contributed by atoms with Crippen molar-refractivity contribution in [1.82, 2.24) is 0 Å². The molecule has 3 heteroatoms. The molecular formula is C24H43NOSi. The number of rotatable bonds is 6. The summed E-state index contributed by atoms with van der Waals surface area (Å²) in [5.74, 6) is 3.69. The second-order valence-corrected chi connectivity index (χ2v) is 15.5. The van der Waals surface area contributed by atoms with Gasteiger partial charge in [0.1, 0.15) is 13.7 Å². The average molecular weight is 390 g/mol. The molecule has 0 aromatic rings. The topological polar surface area (TPSA) is 21.6 Å². The predicted molar refractivity (Wildman–Crippen MR) is 121 cm³/mol. The zero-order chi connectivity index (χ0) is 19.9. The summed E-state index contributed by atoms with van der Waals surface area (Å²) in [6, 6.07) is 0. The highest BCUT2D eigenvalue weighted by atomic mass is 28.3. The smallest absolute Gasteiger partial charge is 0.148 e. The molecule has 0 N–H and O–H groups in total. The van der Waals surface area contributed by atoms with Crippen molar-refractivity contribution in [1.29, 1.82) is 0 Å². The van der Waals surface area contributed by atoms with Gasteiger partial charge in [-0.25, -0.2) is 0 Å². The van der Waals surface area contributed by atoms with E-state index < -0.39 is 8.07 Å². The minimum absolute atomic E-state index is 0.124. The Morgan fingerprint density at radius 3 is 1.89 bits per heavy atom. The molecule has 27 heavy (non-hydrogen) atoms. The molecule has 2 aliphatic carbocycles. The van der Waals surface area contributed by atoms with Crippen LogP contribution >= 0.6 is 0 Å². The average Bonchev–Trinajstić information content (AvgIpc) is 2.64. The van der Waals surface area contributed by atoms with E-state index in [0.717, 1.165) is 32.1 Å². The van der Waals surface area contributed by atoms with Crippen LogP contribution in [0.25, 0.3) is 0 Å². The van der Waals surface area contributed by atoms with Gasteiger partial charge in [0.25, 0.3) is 0 Å². The zero-order valence-corrected chi connectivity index (χ0v) is 19.9. The SMILES string of the molecule is CC(C)[Si](C#CCC1(ON=C2CCCCC2)CCCCC1)(C(C)C)C(C)C. The summed E-state index contributed by atoms with van der Waals surface area (Å²) in [7, 11) is -1.65. The molecule has 0 spiro atoms. The summed E-state index contributed by atoms with van der Waals surface area (Å²) in [6.45, 7) is 14.4. The first-order valence-electron chi connectivity index (χ1n) is 11.6. The molecule has 0 bridgehead atoms. The van der Waals surface area contributed by atoms with Crippen molar-refractivity contribution in [2.75, 3.05) is 0 Å². The van der Waals surface area contributed by atoms with Crippen LogP contribution in [0, 0.1) is 11.5 Å². The maximum atomic E-state index is 6.31. The molecule has 2 saturated carbocycles. The number of hydrogen-bond acceptors (Lipinski definition) is 2. The molecule has 0 atom stereocenters. The molecule has 0 aliphatic heterocycles. The molecular weight excluding hydrogens is 346 g/mol. The molecule has 2 nitrogen and oxygen atoms in total. The standard InChI is InChI=1S/C24H43NOSi/c1-20(2)27(21(3)4,22(5)6)19-13-18-24(16-11-8-12-17-24)26-25-23-14-9-7-10-15-23/h20-22H,7-12,14-18H2,1-6H3. The Balaban J connectivity index is 2.17. The summed E-state index contributed by atoms with van der Waals surface area (Å²) in [4.78, 5) is 6.31. The van der Waals surface area contributed by atoms with E-state index in [1.54, 1.807) is 0 Å². The normalized spacial score (nSPS) is 20.6. The maximum Gasteiger partial charge on any atom is 0.148 e. The highest BCUT2D eigenvalue weighted by Gasteiger charge is 2.42. The lowest BCUT2D eigenvalue weighted by Crippen LogP contribution is -2.43. The maximum absolute atomic E-state index is 6.31. The Labute approximate surface area is 169 Å². The van der Waals surface area contributed by atoms with Crippen molar-refractivity contribution in [2.45, 2.75) is 134 Å². The molecule has 0 heterocycles. The van der Waals surface area contributed by atoms with E-state index in [-0.39, 0.29) is 5.60 Å². The molecule has 154 valence electrons. The highest BCUT2D eigenvalue weighted by Crippen LogP contribution is 2.41. The van der Waals surface area contributed by atoms with Crippen molar-refractivity contribution in [3.63, 3.8) is 0 Å². The lowest BCUT2D eigenvalue weighted by atomic mass is 9.83. The van der Waals surface area contributed by atoms with Crippen LogP contribution in [0.4, 0.5) is 0 Å². The van der Waals surface area contributed by atoms with Gasteiger partial charge in [0, 0.05) is 0 Å². The summed E-state index contributed by atoms with van der Waals surface area (Å²) in [5, 5.41) is 4.66. The van der Waals surface area contributed by atoms with Crippen LogP contribution < -0.4 is 0 Å². The van der Waals surface area contributed by atoms with Gasteiger partial charge in [-0.3, -0.25) is 0 Å². The predicted octanol–water partition coefficient (Wildman–Crippen LogP) is 7.64. The first-order valence-corrected chi connectivity index (χ1v) is 13.8. The van der Waals surface area contributed by atoms with Crippen molar-refractivity contribution in [3.05, 3.63) is 0 Å². The Morgan fingerprint density at radius 1 is 0.852 bits per heavy atom. The fourth-order valence-corrected chi connectivity index (χ4v) is 10.8. The third-order valence-corrected chi connectivity index (χ3v) is 13.5. The molecule has 0 aromatic heterocycles. The largest absolute Gasteiger partial charge is 0.388 e. The van der Waals surface area contributed by atoms with Crippen LogP contribution in [0.2, 0.25) is 16.6 Å². The van der Waals surface area contributed by atoms with Crippen LogP contribution in [-0.2, 0) is 4.84 Å². The van der Waals surface area contributed by atoms with Gasteiger partial charge in [-0.15, -0.1) is 11.5 Å². The van der Waals surface area contributed by atoms with Crippen LogP contribution in [0.1, 0.15) is 112 Å². The Kier molecular flexibility index (Phi) is 8.47. The molecule has 0 radical (unpaired) electrons. The molecule has 0 aromatic carbocycles. The van der Waals surface area contributed by atoms with E-state index in [9.17, 15) is 0 Å². The monoisotopic (exact) mass is 389 g/mol. The second-order valence-electron chi connectivity index (χ2n) is 9.93. The van der Waals surface area contributed by atoms with Crippen molar-refractivity contribution in [2.24, 2.45) is 5.16 Å². The molecule has 0 amide bonds. The summed E-state index contributed by atoms with van der Waals surface area (Å²) < 4.78 is 0. The zero-order valence-electron chi connectivity index (χ0n) is 18.9. The van der Waals surface area contributed by atoms with Crippen LogP contribution in [0.15, 0.2) is 5.16 Å². The quantitative estimate of drug-likeness (QED) is 0.260. The van der Waals surface area contributed by atoms with Gasteiger partial charge < -0.3 is 4.84 Å². The van der Waals surface area contributed by atoms with Crippen molar-refractivity contribution < 1.29 is 4.84 Å². The number of nitrogens with zero attached hydrogens (tertiary/aromatic N) is 1. The van der Waals surface area contributed by atoms with Gasteiger partial charge in [-0.2, -0.15) is 0 Å². The van der Waals surface area contributed by atoms with Gasteiger partial charge in [0.15, 0.2) is 0 Å². The first kappa shape index (κ1) is 22.5. The second kappa shape index (κ2) is 10.1. The minimum Gasteiger partial charge on any atom is -0.388 e. The van der Waals surface area contributed by atoms with Crippen LogP contribution in [0.5, 0.6) is 0 Å². The molecule has 0 saturated heterocycles. The van der Waals surface area contributed by atoms with Gasteiger partial charge >= 0.3 is 0 Å². The fourth-order valence-electron chi connectivity index (χ4n) is 5.50. The third kappa shape index (κ3) is 5.63. The molecule has 0 unspecified atom stereocenters. The van der Waals surface area contributed by atoms with E-state index in [2.05, 4.69) is 58.2 Å². The van der Waals surface area contributed by atoms with E-state index in [1.807, 2.05) is 0 Å². The number of hydrogen-bond donors (Lipinski definition) is 0. The molecule has 2 fully saturated rings. The van der Waals surface area contributed by atoms with Crippen molar-refractivity contribution >= 4 is 13.8 Å². The van der Waals surface area contributed by atoms with E-state index in [1.165, 1.54) is 44.2 Å². The van der Waals surface area contributed by atoms with Gasteiger partial charge in [-0.05, 0) is 68.0 Å². The fraction of sp³-hybridized carbons (Fsp3) is 0.875. The molecule has 2 rings (SSSR count). The van der Waals surface area contributed by atoms with E-state index in [0.29, 0.717) is 16.6 Å². The van der Waals surface area contributed by atoms with Gasteiger partial charge in [-0.1, -0.05) is 59.5 Å². The Bertz CT molecular complexity index is 517. The highest BCUT2D eigenvalue weighted by molar-refractivity contribution is 6.90. The lowest BCUT2D eigenvalue weighted by molar-refractivity contribution is -0.0653. The lowest BCUT2D eigenvalue weighted by Gasteiger charge is -2.38.